The van der Waals surface area contributed by atoms with E-state index in [2.05, 4.69) is 60.3 Å². The molecule has 1 aromatic carbocycles. The Bertz CT molecular complexity index is 563. The number of hydrogen-bond acceptors (Lipinski definition) is 0. The van der Waals surface area contributed by atoms with E-state index in [0.717, 1.165) is 0 Å². The van der Waals surface area contributed by atoms with Gasteiger partial charge in [-0.3, -0.25) is 0 Å². The Kier molecular flexibility index (Phi) is 1.42. The highest BCUT2D eigenvalue weighted by molar-refractivity contribution is 6.01. The molecule has 0 aromatic heterocycles. The summed E-state index contributed by atoms with van der Waals surface area (Å²) in [5.74, 6) is 0. The van der Waals surface area contributed by atoms with Crippen LogP contribution in [0.15, 0.2) is 48.7 Å². The molecule has 0 unspecified atom stereocenters. The molecule has 0 saturated carbocycles. The van der Waals surface area contributed by atoms with E-state index in [9.17, 15) is 0 Å². The summed E-state index contributed by atoms with van der Waals surface area (Å²) in [4.78, 5) is 0. The zero-order chi connectivity index (χ0) is 9.54. The van der Waals surface area contributed by atoms with Gasteiger partial charge in [-0.15, -0.1) is 0 Å². The predicted octanol–water partition coefficient (Wildman–Crippen LogP) is 3.28. The minimum Gasteiger partial charge on any atom is -0.351 e. The van der Waals surface area contributed by atoms with Gasteiger partial charge in [0.05, 0.1) is 0 Å². The van der Waals surface area contributed by atoms with E-state index in [-0.39, 0.29) is 0 Å². The van der Waals surface area contributed by atoms with Gasteiger partial charge in [0, 0.05) is 24.5 Å². The van der Waals surface area contributed by atoms with Crippen LogP contribution in [0.25, 0.3) is 22.0 Å². The number of hydrogen-bond donors (Lipinski definition) is 0. The zero-order valence-corrected chi connectivity index (χ0v) is 8.07. The lowest BCUT2D eigenvalue weighted by Gasteiger charge is -2.05. The molecular formula is C13H11N. The largest absolute Gasteiger partial charge is 0.351 e. The third kappa shape index (κ3) is 0.896. The van der Waals surface area contributed by atoms with Crippen LogP contribution in [0, 0.1) is 0 Å². The minimum absolute atomic E-state index is 1.30. The number of aryl methyl sites for hydroxylation is 1. The van der Waals surface area contributed by atoms with E-state index in [1.807, 2.05) is 0 Å². The van der Waals surface area contributed by atoms with Crippen LogP contribution < -0.4 is 0 Å². The van der Waals surface area contributed by atoms with Crippen molar-refractivity contribution in [2.24, 2.45) is 7.05 Å². The van der Waals surface area contributed by atoms with Crippen LogP contribution in [-0.2, 0) is 7.05 Å². The second kappa shape index (κ2) is 2.61. The first-order valence-corrected chi connectivity index (χ1v) is 4.79. The fourth-order valence-electron chi connectivity index (χ4n) is 2.05. The Morgan fingerprint density at radius 3 is 2.79 bits per heavy atom. The van der Waals surface area contributed by atoms with Crippen LogP contribution in [0.2, 0.25) is 0 Å². The second-order valence-electron chi connectivity index (χ2n) is 3.65. The van der Waals surface area contributed by atoms with Crippen molar-refractivity contribution in [1.82, 2.24) is 4.57 Å². The molecule has 3 rings (SSSR count). The van der Waals surface area contributed by atoms with Gasteiger partial charge in [-0.2, -0.15) is 0 Å². The van der Waals surface area contributed by atoms with Gasteiger partial charge in [-0.1, -0.05) is 30.3 Å². The van der Waals surface area contributed by atoms with E-state index < -0.39 is 0 Å². The van der Waals surface area contributed by atoms with E-state index in [0.29, 0.717) is 0 Å². The van der Waals surface area contributed by atoms with Crippen molar-refractivity contribution in [1.29, 1.82) is 0 Å². The van der Waals surface area contributed by atoms with Crippen molar-refractivity contribution >= 4 is 10.8 Å². The molecule has 0 saturated heterocycles. The molecule has 1 aliphatic heterocycles. The normalized spacial score (nSPS) is 11.2. The average molecular weight is 181 g/mol. The van der Waals surface area contributed by atoms with E-state index in [1.54, 1.807) is 0 Å². The SMILES string of the molecule is Cn1cccc2c3ccccc3cc1-2. The molecule has 0 fully saturated rings. The summed E-state index contributed by atoms with van der Waals surface area (Å²) in [6.45, 7) is 0. The molecule has 0 amide bonds. The highest BCUT2D eigenvalue weighted by Gasteiger charge is 2.09. The fourth-order valence-corrected chi connectivity index (χ4v) is 2.05. The molecule has 1 heterocycles. The Labute approximate surface area is 82.9 Å². The Morgan fingerprint density at radius 2 is 1.86 bits per heavy atom. The van der Waals surface area contributed by atoms with Crippen LogP contribution >= 0.6 is 0 Å². The average Bonchev–Trinajstić information content (AvgIpc) is 2.59. The molecule has 2 aliphatic rings. The lowest BCUT2D eigenvalue weighted by Crippen LogP contribution is -1.92. The molecule has 0 radical (unpaired) electrons. The topological polar surface area (TPSA) is 4.93 Å². The first-order chi connectivity index (χ1) is 6.86. The van der Waals surface area contributed by atoms with Crippen molar-refractivity contribution in [2.45, 2.75) is 0 Å². The van der Waals surface area contributed by atoms with E-state index >= 15 is 0 Å². The number of benzene rings is 1. The molecule has 1 aliphatic carbocycles. The summed E-state index contributed by atoms with van der Waals surface area (Å²) in [5.41, 5.74) is 2.64. The smallest absolute Gasteiger partial charge is 0.0489 e. The fraction of sp³-hybridized carbons (Fsp3) is 0.0769. The number of pyridine rings is 1. The van der Waals surface area contributed by atoms with Gasteiger partial charge in [-0.05, 0) is 22.9 Å². The van der Waals surface area contributed by atoms with Gasteiger partial charge >= 0.3 is 0 Å². The number of aromatic nitrogens is 1. The van der Waals surface area contributed by atoms with Gasteiger partial charge < -0.3 is 4.57 Å². The summed E-state index contributed by atoms with van der Waals surface area (Å²) in [5, 5.41) is 2.67. The maximum Gasteiger partial charge on any atom is 0.0489 e. The highest BCUT2D eigenvalue weighted by atomic mass is 14.9. The van der Waals surface area contributed by atoms with Crippen molar-refractivity contribution in [2.75, 3.05) is 0 Å². The van der Waals surface area contributed by atoms with Crippen molar-refractivity contribution < 1.29 is 0 Å². The molecule has 14 heavy (non-hydrogen) atoms. The van der Waals surface area contributed by atoms with Crippen molar-refractivity contribution in [3.8, 4) is 11.3 Å². The van der Waals surface area contributed by atoms with Gasteiger partial charge in [0.2, 0.25) is 0 Å². The highest BCUT2D eigenvalue weighted by Crippen LogP contribution is 2.32. The van der Waals surface area contributed by atoms with Gasteiger partial charge in [0.25, 0.3) is 0 Å². The molecular weight excluding hydrogens is 170 g/mol. The predicted molar refractivity (Wildman–Crippen MR) is 59.5 cm³/mol. The second-order valence-corrected chi connectivity index (χ2v) is 3.65. The molecule has 0 atom stereocenters. The molecule has 68 valence electrons. The summed E-state index contributed by atoms with van der Waals surface area (Å²) in [7, 11) is 2.08. The first-order valence-electron chi connectivity index (χ1n) is 4.79. The Morgan fingerprint density at radius 1 is 1.00 bits per heavy atom. The molecule has 0 spiro atoms. The molecule has 1 heteroatoms. The summed E-state index contributed by atoms with van der Waals surface area (Å²) >= 11 is 0. The van der Waals surface area contributed by atoms with Gasteiger partial charge in [0.1, 0.15) is 0 Å². The van der Waals surface area contributed by atoms with Crippen molar-refractivity contribution in [3.05, 3.63) is 48.7 Å². The monoisotopic (exact) mass is 181 g/mol. The third-order valence-corrected chi connectivity index (χ3v) is 2.77. The van der Waals surface area contributed by atoms with Crippen LogP contribution in [0.4, 0.5) is 0 Å². The Hall–Kier alpha value is -1.76. The van der Waals surface area contributed by atoms with Crippen LogP contribution in [0.3, 0.4) is 0 Å². The van der Waals surface area contributed by atoms with Crippen LogP contribution in [0.5, 0.6) is 0 Å². The minimum atomic E-state index is 1.30. The van der Waals surface area contributed by atoms with Crippen molar-refractivity contribution in [3.63, 3.8) is 0 Å². The number of rotatable bonds is 0. The standard InChI is InChI=1S/C13H11N/c1-14-8-4-7-12-11-6-3-2-5-10(11)9-13(12)14/h2-9H,1H3. The molecule has 1 nitrogen and oxygen atoms in total. The number of fused-ring (bicyclic) bond motifs is 3. The lowest BCUT2D eigenvalue weighted by atomic mass is 10.1. The molecule has 1 aromatic rings. The van der Waals surface area contributed by atoms with Crippen LogP contribution in [-0.4, -0.2) is 4.57 Å². The van der Waals surface area contributed by atoms with Gasteiger partial charge in [-0.25, -0.2) is 0 Å². The summed E-state index contributed by atoms with van der Waals surface area (Å²) in [6.07, 6.45) is 2.08. The number of nitrogens with zero attached hydrogens (tertiary/aromatic N) is 1. The van der Waals surface area contributed by atoms with Gasteiger partial charge in [0.15, 0.2) is 0 Å². The lowest BCUT2D eigenvalue weighted by molar-refractivity contribution is 0.917. The maximum absolute atomic E-state index is 2.24. The molecule has 0 N–H and O–H groups in total. The zero-order valence-electron chi connectivity index (χ0n) is 8.07. The van der Waals surface area contributed by atoms with E-state index in [1.165, 1.54) is 22.0 Å². The molecule has 0 bridgehead atoms. The van der Waals surface area contributed by atoms with Crippen LogP contribution in [0.1, 0.15) is 0 Å². The third-order valence-electron chi connectivity index (χ3n) is 2.77. The maximum atomic E-state index is 2.24. The van der Waals surface area contributed by atoms with E-state index in [4.69, 9.17) is 0 Å². The Balaban J connectivity index is 2.55. The first kappa shape index (κ1) is 7.63. The quantitative estimate of drug-likeness (QED) is 0.501. The summed E-state index contributed by atoms with van der Waals surface area (Å²) < 4.78 is 2.16. The summed E-state index contributed by atoms with van der Waals surface area (Å²) in [6, 6.07) is 15.0.